The number of anilines is 1. The number of nitriles is 1. The second-order valence-electron chi connectivity index (χ2n) is 4.52. The monoisotopic (exact) mass is 230 g/mol. The molecule has 4 nitrogen and oxygen atoms in total. The van der Waals surface area contributed by atoms with E-state index in [1.54, 1.807) is 12.3 Å². The van der Waals surface area contributed by atoms with Gasteiger partial charge in [0.05, 0.1) is 11.6 Å². The van der Waals surface area contributed by atoms with Crippen LogP contribution in [0, 0.1) is 17.2 Å². The van der Waals surface area contributed by atoms with Crippen LogP contribution in [0.3, 0.4) is 0 Å². The van der Waals surface area contributed by atoms with Crippen LogP contribution in [0.5, 0.6) is 0 Å². The summed E-state index contributed by atoms with van der Waals surface area (Å²) in [7, 11) is 0. The van der Waals surface area contributed by atoms with E-state index in [4.69, 9.17) is 11.0 Å². The molecule has 0 unspecified atom stereocenters. The maximum absolute atomic E-state index is 8.86. The number of aromatic nitrogens is 1. The summed E-state index contributed by atoms with van der Waals surface area (Å²) >= 11 is 0. The van der Waals surface area contributed by atoms with E-state index >= 15 is 0 Å². The average Bonchev–Trinajstić information content (AvgIpc) is 2.40. The van der Waals surface area contributed by atoms with E-state index in [0.717, 1.165) is 37.8 Å². The van der Waals surface area contributed by atoms with Crippen molar-refractivity contribution in [2.45, 2.75) is 19.3 Å². The van der Waals surface area contributed by atoms with Gasteiger partial charge in [0.1, 0.15) is 5.82 Å². The zero-order valence-electron chi connectivity index (χ0n) is 9.97. The van der Waals surface area contributed by atoms with Crippen molar-refractivity contribution in [1.82, 2.24) is 4.98 Å². The summed E-state index contributed by atoms with van der Waals surface area (Å²) < 4.78 is 0. The molecule has 0 aromatic carbocycles. The van der Waals surface area contributed by atoms with Gasteiger partial charge in [-0.25, -0.2) is 4.98 Å². The molecule has 1 saturated heterocycles. The Morgan fingerprint density at radius 1 is 1.47 bits per heavy atom. The first-order chi connectivity index (χ1) is 8.33. The van der Waals surface area contributed by atoms with Gasteiger partial charge in [0, 0.05) is 19.3 Å². The van der Waals surface area contributed by atoms with Crippen LogP contribution in [0.15, 0.2) is 18.3 Å². The summed E-state index contributed by atoms with van der Waals surface area (Å²) in [4.78, 5) is 6.59. The Bertz CT molecular complexity index is 402. The summed E-state index contributed by atoms with van der Waals surface area (Å²) in [6.45, 7) is 2.83. The summed E-state index contributed by atoms with van der Waals surface area (Å²) in [5, 5.41) is 8.86. The molecule has 0 amide bonds. The van der Waals surface area contributed by atoms with Gasteiger partial charge in [-0.15, -0.1) is 0 Å². The summed E-state index contributed by atoms with van der Waals surface area (Å²) in [5.41, 5.74) is 6.26. The Kier molecular flexibility index (Phi) is 3.94. The quantitative estimate of drug-likeness (QED) is 0.855. The largest absolute Gasteiger partial charge is 0.357 e. The van der Waals surface area contributed by atoms with Crippen molar-refractivity contribution < 1.29 is 0 Å². The van der Waals surface area contributed by atoms with Crippen molar-refractivity contribution in [3.8, 4) is 6.07 Å². The number of hydrogen-bond acceptors (Lipinski definition) is 4. The minimum absolute atomic E-state index is 0.680. The Labute approximate surface area is 102 Å². The fourth-order valence-electron chi connectivity index (χ4n) is 2.35. The highest BCUT2D eigenvalue weighted by atomic mass is 15.2. The van der Waals surface area contributed by atoms with Gasteiger partial charge >= 0.3 is 0 Å². The molecular weight excluding hydrogens is 212 g/mol. The molecular formula is C13H18N4. The van der Waals surface area contributed by atoms with Gasteiger partial charge in [-0.2, -0.15) is 5.26 Å². The number of nitrogens with two attached hydrogens (primary N) is 1. The van der Waals surface area contributed by atoms with Crippen LogP contribution in [-0.4, -0.2) is 24.6 Å². The molecule has 0 atom stereocenters. The standard InChI is InChI=1S/C13H18N4/c14-5-1-11-3-7-17(8-4-11)13-9-12(10-15)2-6-16-13/h2,6,9,11H,1,3-5,7-8,14H2. The second kappa shape index (κ2) is 5.65. The van der Waals surface area contributed by atoms with Gasteiger partial charge in [-0.05, 0) is 43.9 Å². The molecule has 0 spiro atoms. The van der Waals surface area contributed by atoms with Gasteiger partial charge in [-0.1, -0.05) is 0 Å². The summed E-state index contributed by atoms with van der Waals surface area (Å²) in [6, 6.07) is 5.76. The number of hydrogen-bond donors (Lipinski definition) is 1. The molecule has 1 aliphatic rings. The lowest BCUT2D eigenvalue weighted by Gasteiger charge is -2.32. The highest BCUT2D eigenvalue weighted by Gasteiger charge is 2.19. The minimum atomic E-state index is 0.680. The molecule has 2 heterocycles. The van der Waals surface area contributed by atoms with Crippen LogP contribution in [0.2, 0.25) is 0 Å². The smallest absolute Gasteiger partial charge is 0.129 e. The van der Waals surface area contributed by atoms with E-state index in [0.29, 0.717) is 5.56 Å². The molecule has 2 N–H and O–H groups in total. The molecule has 0 radical (unpaired) electrons. The third-order valence-corrected chi connectivity index (χ3v) is 3.39. The van der Waals surface area contributed by atoms with E-state index in [-0.39, 0.29) is 0 Å². The Hall–Kier alpha value is -1.60. The fourth-order valence-corrected chi connectivity index (χ4v) is 2.35. The van der Waals surface area contributed by atoms with Crippen molar-refractivity contribution in [3.05, 3.63) is 23.9 Å². The molecule has 1 aromatic rings. The Morgan fingerprint density at radius 3 is 2.88 bits per heavy atom. The molecule has 0 saturated carbocycles. The number of nitrogens with zero attached hydrogens (tertiary/aromatic N) is 3. The van der Waals surface area contributed by atoms with Crippen molar-refractivity contribution in [2.75, 3.05) is 24.5 Å². The first-order valence-electron chi connectivity index (χ1n) is 6.14. The van der Waals surface area contributed by atoms with Crippen molar-refractivity contribution in [3.63, 3.8) is 0 Å². The first kappa shape index (κ1) is 11.9. The average molecular weight is 230 g/mol. The molecule has 17 heavy (non-hydrogen) atoms. The zero-order chi connectivity index (χ0) is 12.1. The lowest BCUT2D eigenvalue weighted by molar-refractivity contribution is 0.385. The highest BCUT2D eigenvalue weighted by Crippen LogP contribution is 2.23. The fraction of sp³-hybridized carbons (Fsp3) is 0.538. The SMILES string of the molecule is N#Cc1ccnc(N2CCC(CCN)CC2)c1. The first-order valence-corrected chi connectivity index (χ1v) is 6.14. The van der Waals surface area contributed by atoms with E-state index in [1.807, 2.05) is 6.07 Å². The van der Waals surface area contributed by atoms with Crippen LogP contribution >= 0.6 is 0 Å². The van der Waals surface area contributed by atoms with Crippen LogP contribution in [0.25, 0.3) is 0 Å². The number of pyridine rings is 1. The second-order valence-corrected chi connectivity index (χ2v) is 4.52. The van der Waals surface area contributed by atoms with Crippen molar-refractivity contribution >= 4 is 5.82 Å². The third-order valence-electron chi connectivity index (χ3n) is 3.39. The van der Waals surface area contributed by atoms with E-state index in [9.17, 15) is 0 Å². The predicted molar refractivity (Wildman–Crippen MR) is 67.6 cm³/mol. The molecule has 2 rings (SSSR count). The molecule has 0 bridgehead atoms. The molecule has 4 heteroatoms. The van der Waals surface area contributed by atoms with Gasteiger partial charge in [0.2, 0.25) is 0 Å². The summed E-state index contributed by atoms with van der Waals surface area (Å²) in [5.74, 6) is 1.69. The molecule has 1 aliphatic heterocycles. The van der Waals surface area contributed by atoms with Gasteiger partial charge in [0.25, 0.3) is 0 Å². The Morgan fingerprint density at radius 2 is 2.24 bits per heavy atom. The Balaban J connectivity index is 1.98. The van der Waals surface area contributed by atoms with Crippen molar-refractivity contribution in [2.24, 2.45) is 11.7 Å². The van der Waals surface area contributed by atoms with Crippen LogP contribution in [-0.2, 0) is 0 Å². The maximum atomic E-state index is 8.86. The van der Waals surface area contributed by atoms with E-state index < -0.39 is 0 Å². The highest BCUT2D eigenvalue weighted by molar-refractivity contribution is 5.45. The molecule has 1 aromatic heterocycles. The van der Waals surface area contributed by atoms with Gasteiger partial charge in [-0.3, -0.25) is 0 Å². The van der Waals surface area contributed by atoms with Crippen LogP contribution < -0.4 is 10.6 Å². The van der Waals surface area contributed by atoms with Crippen LogP contribution in [0.1, 0.15) is 24.8 Å². The van der Waals surface area contributed by atoms with E-state index in [1.165, 1.54) is 12.8 Å². The third kappa shape index (κ3) is 2.95. The number of rotatable bonds is 3. The lowest BCUT2D eigenvalue weighted by atomic mass is 9.93. The predicted octanol–water partition coefficient (Wildman–Crippen LogP) is 1.52. The van der Waals surface area contributed by atoms with Gasteiger partial charge in [0.15, 0.2) is 0 Å². The normalized spacial score (nSPS) is 16.8. The lowest BCUT2D eigenvalue weighted by Crippen LogP contribution is -2.34. The molecule has 90 valence electrons. The topological polar surface area (TPSA) is 65.9 Å². The molecule has 1 fully saturated rings. The van der Waals surface area contributed by atoms with E-state index in [2.05, 4.69) is 16.0 Å². The maximum Gasteiger partial charge on any atom is 0.129 e. The van der Waals surface area contributed by atoms with Gasteiger partial charge < -0.3 is 10.6 Å². The zero-order valence-corrected chi connectivity index (χ0v) is 9.97. The van der Waals surface area contributed by atoms with Crippen molar-refractivity contribution in [1.29, 1.82) is 5.26 Å². The van der Waals surface area contributed by atoms with Crippen LogP contribution in [0.4, 0.5) is 5.82 Å². The molecule has 0 aliphatic carbocycles. The minimum Gasteiger partial charge on any atom is -0.357 e. The number of piperidine rings is 1. The summed E-state index contributed by atoms with van der Waals surface area (Å²) in [6.07, 6.45) is 5.19.